The molecule has 6 nitrogen and oxygen atoms in total. The third-order valence-corrected chi connectivity index (χ3v) is 4.58. The van der Waals surface area contributed by atoms with Gasteiger partial charge in [0.05, 0.1) is 0 Å². The number of amides is 1. The number of rotatable bonds is 6. The molecule has 0 spiro atoms. The van der Waals surface area contributed by atoms with Gasteiger partial charge in [0.15, 0.2) is 0 Å². The number of aryl methyl sites for hydroxylation is 1. The summed E-state index contributed by atoms with van der Waals surface area (Å²) in [5, 5.41) is 2.74. The number of anilines is 1. The third-order valence-electron chi connectivity index (χ3n) is 3.12. The fourth-order valence-electron chi connectivity index (χ4n) is 1.86. The van der Waals surface area contributed by atoms with E-state index in [1.165, 1.54) is 13.0 Å². The number of nitrogen functional groups attached to an aromatic ring is 1. The number of nitrogens with two attached hydrogens (primary N) is 1. The summed E-state index contributed by atoms with van der Waals surface area (Å²) < 4.78 is 40.2. The highest BCUT2D eigenvalue weighted by Crippen LogP contribution is 2.21. The van der Waals surface area contributed by atoms with Gasteiger partial charge in [0, 0.05) is 24.7 Å². The standard InChI is InChI=1S/C13H18FN3O3S/c1-8-6-9(15)7-11(13(8)14)21(19,20)16-5-4-12(18)17-10-2-3-10/h6-7,10,16H,2-5,15H2,1H3,(H,17,18). The van der Waals surface area contributed by atoms with Crippen LogP contribution in [0.2, 0.25) is 0 Å². The van der Waals surface area contributed by atoms with E-state index >= 15 is 0 Å². The van der Waals surface area contributed by atoms with Crippen molar-refractivity contribution >= 4 is 21.6 Å². The van der Waals surface area contributed by atoms with Crippen LogP contribution in [-0.2, 0) is 14.8 Å². The second-order valence-corrected chi connectivity index (χ2v) is 6.87. The number of carbonyl (C=O) groups excluding carboxylic acids is 1. The summed E-state index contributed by atoms with van der Waals surface area (Å²) in [4.78, 5) is 11.0. The van der Waals surface area contributed by atoms with Crippen molar-refractivity contribution in [1.82, 2.24) is 10.0 Å². The Hall–Kier alpha value is -1.67. The van der Waals surface area contributed by atoms with Gasteiger partial charge in [-0.2, -0.15) is 0 Å². The van der Waals surface area contributed by atoms with E-state index in [4.69, 9.17) is 5.73 Å². The number of benzene rings is 1. The lowest BCUT2D eigenvalue weighted by molar-refractivity contribution is -0.121. The van der Waals surface area contributed by atoms with Crippen LogP contribution in [-0.4, -0.2) is 26.9 Å². The monoisotopic (exact) mass is 315 g/mol. The van der Waals surface area contributed by atoms with Gasteiger partial charge in [-0.15, -0.1) is 0 Å². The van der Waals surface area contributed by atoms with E-state index in [0.717, 1.165) is 18.9 Å². The molecular formula is C13H18FN3O3S. The topological polar surface area (TPSA) is 101 Å². The summed E-state index contributed by atoms with van der Waals surface area (Å²) in [6, 6.07) is 2.65. The minimum Gasteiger partial charge on any atom is -0.399 e. The Balaban J connectivity index is 1.99. The normalized spacial score (nSPS) is 15.0. The largest absolute Gasteiger partial charge is 0.399 e. The number of hydrogen-bond acceptors (Lipinski definition) is 4. The number of hydrogen-bond donors (Lipinski definition) is 3. The molecule has 0 unspecified atom stereocenters. The highest BCUT2D eigenvalue weighted by Gasteiger charge is 2.24. The molecule has 2 rings (SSSR count). The lowest BCUT2D eigenvalue weighted by Gasteiger charge is -2.10. The van der Waals surface area contributed by atoms with Crippen LogP contribution in [0.5, 0.6) is 0 Å². The van der Waals surface area contributed by atoms with Crippen molar-refractivity contribution in [3.8, 4) is 0 Å². The molecular weight excluding hydrogens is 297 g/mol. The van der Waals surface area contributed by atoms with Gasteiger partial charge >= 0.3 is 0 Å². The first-order chi connectivity index (χ1) is 9.79. The molecule has 4 N–H and O–H groups in total. The first-order valence-corrected chi connectivity index (χ1v) is 8.12. The number of nitrogens with one attached hydrogen (secondary N) is 2. The predicted molar refractivity (Wildman–Crippen MR) is 76.5 cm³/mol. The van der Waals surface area contributed by atoms with Crippen LogP contribution in [0.4, 0.5) is 10.1 Å². The van der Waals surface area contributed by atoms with Crippen molar-refractivity contribution < 1.29 is 17.6 Å². The number of halogens is 1. The third kappa shape index (κ3) is 4.15. The molecule has 0 saturated heterocycles. The molecule has 0 atom stereocenters. The Morgan fingerprint density at radius 2 is 2.10 bits per heavy atom. The average molecular weight is 315 g/mol. The Morgan fingerprint density at radius 1 is 1.43 bits per heavy atom. The minimum absolute atomic E-state index is 0.0125. The molecule has 1 aromatic rings. The van der Waals surface area contributed by atoms with Crippen molar-refractivity contribution in [1.29, 1.82) is 0 Å². The highest BCUT2D eigenvalue weighted by atomic mass is 32.2. The first-order valence-electron chi connectivity index (χ1n) is 6.64. The van der Waals surface area contributed by atoms with Crippen LogP contribution in [0.3, 0.4) is 0 Å². The van der Waals surface area contributed by atoms with Crippen LogP contribution in [0, 0.1) is 12.7 Å². The Morgan fingerprint density at radius 3 is 2.71 bits per heavy atom. The zero-order valence-corrected chi connectivity index (χ0v) is 12.5. The van der Waals surface area contributed by atoms with E-state index in [9.17, 15) is 17.6 Å². The summed E-state index contributed by atoms with van der Waals surface area (Å²) in [5.41, 5.74) is 5.86. The molecule has 1 aliphatic rings. The molecule has 0 radical (unpaired) electrons. The Bertz CT molecular complexity index is 657. The van der Waals surface area contributed by atoms with Gasteiger partial charge in [0.2, 0.25) is 15.9 Å². The molecule has 1 aromatic carbocycles. The second kappa shape index (κ2) is 5.98. The van der Waals surface area contributed by atoms with E-state index in [0.29, 0.717) is 0 Å². The molecule has 0 aromatic heterocycles. The van der Waals surface area contributed by atoms with Gasteiger partial charge in [-0.05, 0) is 37.5 Å². The highest BCUT2D eigenvalue weighted by molar-refractivity contribution is 7.89. The van der Waals surface area contributed by atoms with E-state index in [1.807, 2.05) is 0 Å². The minimum atomic E-state index is -4.03. The van der Waals surface area contributed by atoms with E-state index in [-0.39, 0.29) is 36.2 Å². The number of sulfonamides is 1. The molecule has 1 saturated carbocycles. The fourth-order valence-corrected chi connectivity index (χ4v) is 3.08. The van der Waals surface area contributed by atoms with Crippen molar-refractivity contribution in [3.05, 3.63) is 23.5 Å². The molecule has 0 bridgehead atoms. The summed E-state index contributed by atoms with van der Waals surface area (Å²) in [6.07, 6.45) is 1.94. The molecule has 1 amide bonds. The van der Waals surface area contributed by atoms with E-state index in [1.54, 1.807) is 0 Å². The maximum Gasteiger partial charge on any atom is 0.243 e. The van der Waals surface area contributed by atoms with Crippen molar-refractivity contribution in [2.24, 2.45) is 0 Å². The molecule has 8 heteroatoms. The second-order valence-electron chi connectivity index (χ2n) is 5.14. The van der Waals surface area contributed by atoms with Crippen LogP contribution < -0.4 is 15.8 Å². The fraction of sp³-hybridized carbons (Fsp3) is 0.462. The van der Waals surface area contributed by atoms with Crippen LogP contribution in [0.15, 0.2) is 17.0 Å². The number of carbonyl (C=O) groups is 1. The lowest BCUT2D eigenvalue weighted by atomic mass is 10.2. The first kappa shape index (κ1) is 15.7. The Kier molecular flexibility index (Phi) is 4.48. The van der Waals surface area contributed by atoms with Crippen molar-refractivity contribution in [3.63, 3.8) is 0 Å². The van der Waals surface area contributed by atoms with E-state index in [2.05, 4.69) is 10.0 Å². The zero-order valence-electron chi connectivity index (χ0n) is 11.6. The van der Waals surface area contributed by atoms with E-state index < -0.39 is 20.7 Å². The molecule has 0 aliphatic heterocycles. The van der Waals surface area contributed by atoms with Gasteiger partial charge < -0.3 is 11.1 Å². The summed E-state index contributed by atoms with van der Waals surface area (Å²) in [7, 11) is -4.03. The molecule has 116 valence electrons. The van der Waals surface area contributed by atoms with Crippen LogP contribution >= 0.6 is 0 Å². The Labute approximate surface area is 123 Å². The van der Waals surface area contributed by atoms with Crippen LogP contribution in [0.25, 0.3) is 0 Å². The zero-order chi connectivity index (χ0) is 15.6. The van der Waals surface area contributed by atoms with Crippen molar-refractivity contribution in [2.45, 2.75) is 37.1 Å². The SMILES string of the molecule is Cc1cc(N)cc(S(=O)(=O)NCCC(=O)NC2CC2)c1F. The maximum atomic E-state index is 13.9. The van der Waals surface area contributed by atoms with Gasteiger partial charge in [0.1, 0.15) is 10.7 Å². The summed E-state index contributed by atoms with van der Waals surface area (Å²) in [5.74, 6) is -1.05. The summed E-state index contributed by atoms with van der Waals surface area (Å²) >= 11 is 0. The quantitative estimate of drug-likeness (QED) is 0.671. The van der Waals surface area contributed by atoms with Crippen LogP contribution in [0.1, 0.15) is 24.8 Å². The smallest absolute Gasteiger partial charge is 0.243 e. The molecule has 1 fully saturated rings. The predicted octanol–water partition coefficient (Wildman–Crippen LogP) is 0.663. The van der Waals surface area contributed by atoms with Gasteiger partial charge in [-0.3, -0.25) is 4.79 Å². The average Bonchev–Trinajstić information content (AvgIpc) is 3.17. The maximum absolute atomic E-state index is 13.9. The lowest BCUT2D eigenvalue weighted by Crippen LogP contribution is -2.32. The molecule has 0 heterocycles. The molecule has 21 heavy (non-hydrogen) atoms. The van der Waals surface area contributed by atoms with Crippen molar-refractivity contribution in [2.75, 3.05) is 12.3 Å². The van der Waals surface area contributed by atoms with Gasteiger partial charge in [0.25, 0.3) is 0 Å². The summed E-state index contributed by atoms with van der Waals surface area (Å²) in [6.45, 7) is 1.35. The molecule has 1 aliphatic carbocycles. The van der Waals surface area contributed by atoms with Gasteiger partial charge in [-0.25, -0.2) is 17.5 Å². The van der Waals surface area contributed by atoms with Gasteiger partial charge in [-0.1, -0.05) is 0 Å².